The van der Waals surface area contributed by atoms with Crippen molar-refractivity contribution in [3.63, 3.8) is 0 Å². The van der Waals surface area contributed by atoms with Crippen LogP contribution in [-0.4, -0.2) is 45.5 Å². The highest BCUT2D eigenvalue weighted by Crippen LogP contribution is 2.34. The lowest BCUT2D eigenvalue weighted by atomic mass is 9.85. The first-order chi connectivity index (χ1) is 11.7. The molecule has 0 fully saturated rings. The molecule has 132 valence electrons. The van der Waals surface area contributed by atoms with Crippen molar-refractivity contribution in [1.82, 2.24) is 9.88 Å². The van der Waals surface area contributed by atoms with Gasteiger partial charge in [0, 0.05) is 29.9 Å². The lowest BCUT2D eigenvalue weighted by molar-refractivity contribution is -0.145. The molecule has 0 radical (unpaired) electrons. The Bertz CT molecular complexity index is 872. The first-order valence-electron chi connectivity index (χ1n) is 7.27. The summed E-state index contributed by atoms with van der Waals surface area (Å²) in [5.74, 6) is -3.51. The largest absolute Gasteiger partial charge is 0.480 e. The zero-order chi connectivity index (χ0) is 18.8. The van der Waals surface area contributed by atoms with Crippen molar-refractivity contribution in [1.29, 1.82) is 0 Å². The van der Waals surface area contributed by atoms with E-state index in [-0.39, 0.29) is 11.3 Å². The fourth-order valence-corrected chi connectivity index (χ4v) is 2.78. The van der Waals surface area contributed by atoms with Crippen molar-refractivity contribution < 1.29 is 29.4 Å². The zero-order valence-corrected chi connectivity index (χ0v) is 13.4. The molecule has 2 aromatic rings. The molecule has 1 heterocycles. The minimum Gasteiger partial charge on any atom is -0.480 e. The Kier molecular flexibility index (Phi) is 4.89. The third-order valence-corrected chi connectivity index (χ3v) is 3.96. The predicted molar refractivity (Wildman–Crippen MR) is 87.1 cm³/mol. The van der Waals surface area contributed by atoms with Gasteiger partial charge >= 0.3 is 11.9 Å². The first kappa shape index (κ1) is 18.1. The van der Waals surface area contributed by atoms with E-state index in [1.807, 2.05) is 0 Å². The van der Waals surface area contributed by atoms with E-state index < -0.39 is 36.4 Å². The van der Waals surface area contributed by atoms with E-state index in [0.29, 0.717) is 17.2 Å². The second-order valence-electron chi connectivity index (χ2n) is 5.52. The normalized spacial score (nSPS) is 13.2. The molecule has 1 aromatic heterocycles. The highest BCUT2D eigenvalue weighted by Gasteiger charge is 2.42. The van der Waals surface area contributed by atoms with Crippen LogP contribution in [0.2, 0.25) is 0 Å². The summed E-state index contributed by atoms with van der Waals surface area (Å²) in [6.07, 6.45) is -0.176. The van der Waals surface area contributed by atoms with Gasteiger partial charge in [0.05, 0.1) is 0 Å². The van der Waals surface area contributed by atoms with Gasteiger partial charge in [-0.25, -0.2) is 4.79 Å². The standard InChI is InChI=1S/C16H17N3O6/c1-19-10-5-3-2-4-9(10)12(16(17,6-7-20)15(24)25)13(19)14(23)18-8-11(21)22/h2-5,7H,6,8,17H2,1H3,(H,18,23)(H,21,22)(H,24,25). The number of para-hydroxylation sites is 1. The molecule has 9 nitrogen and oxygen atoms in total. The second-order valence-corrected chi connectivity index (χ2v) is 5.52. The number of aliphatic carboxylic acids is 2. The van der Waals surface area contributed by atoms with E-state index >= 15 is 0 Å². The third-order valence-electron chi connectivity index (χ3n) is 3.96. The number of aromatic nitrogens is 1. The predicted octanol–water partition coefficient (Wildman–Crippen LogP) is -0.180. The maximum Gasteiger partial charge on any atom is 0.328 e. The van der Waals surface area contributed by atoms with Crippen LogP contribution in [0.15, 0.2) is 24.3 Å². The van der Waals surface area contributed by atoms with Crippen molar-refractivity contribution in [2.24, 2.45) is 12.8 Å². The Morgan fingerprint density at radius 3 is 2.48 bits per heavy atom. The van der Waals surface area contributed by atoms with Crippen LogP contribution in [0.4, 0.5) is 0 Å². The number of aldehydes is 1. The molecule has 0 saturated heterocycles. The number of nitrogens with zero attached hydrogens (tertiary/aromatic N) is 1. The summed E-state index contributed by atoms with van der Waals surface area (Å²) in [7, 11) is 1.53. The summed E-state index contributed by atoms with van der Waals surface area (Å²) in [4.78, 5) is 46.0. The molecule has 1 amide bonds. The molecule has 9 heteroatoms. The first-order valence-corrected chi connectivity index (χ1v) is 7.27. The van der Waals surface area contributed by atoms with E-state index in [1.165, 1.54) is 11.6 Å². The number of fused-ring (bicyclic) bond motifs is 1. The number of amides is 1. The van der Waals surface area contributed by atoms with Gasteiger partial charge < -0.3 is 30.6 Å². The van der Waals surface area contributed by atoms with Crippen molar-refractivity contribution in [3.05, 3.63) is 35.5 Å². The number of nitrogens with two attached hydrogens (primary N) is 1. The molecule has 2 rings (SSSR count). The number of aryl methyl sites for hydroxylation is 1. The molecule has 0 saturated carbocycles. The summed E-state index contributed by atoms with van der Waals surface area (Å²) < 4.78 is 1.43. The van der Waals surface area contributed by atoms with Gasteiger partial charge in [-0.2, -0.15) is 0 Å². The highest BCUT2D eigenvalue weighted by atomic mass is 16.4. The average molecular weight is 347 g/mol. The Hall–Kier alpha value is -3.20. The molecule has 25 heavy (non-hydrogen) atoms. The maximum atomic E-state index is 12.5. The van der Waals surface area contributed by atoms with Gasteiger partial charge in [0.15, 0.2) is 0 Å². The van der Waals surface area contributed by atoms with Crippen molar-refractivity contribution in [2.75, 3.05) is 6.54 Å². The van der Waals surface area contributed by atoms with Gasteiger partial charge in [-0.1, -0.05) is 18.2 Å². The fraction of sp³-hybridized carbons (Fsp3) is 0.250. The molecular formula is C16H17N3O6. The summed E-state index contributed by atoms with van der Waals surface area (Å²) in [5.41, 5.74) is 4.27. The van der Waals surface area contributed by atoms with Crippen LogP contribution < -0.4 is 11.1 Å². The number of hydrogen-bond acceptors (Lipinski definition) is 5. The summed E-state index contributed by atoms with van der Waals surface area (Å²) in [6.45, 7) is -0.641. The third kappa shape index (κ3) is 3.09. The van der Waals surface area contributed by atoms with Crippen molar-refractivity contribution in [2.45, 2.75) is 12.0 Å². The van der Waals surface area contributed by atoms with Gasteiger partial charge in [0.1, 0.15) is 24.1 Å². The number of carbonyl (C=O) groups is 4. The van der Waals surface area contributed by atoms with Gasteiger partial charge in [0.2, 0.25) is 0 Å². The number of carboxylic acid groups (broad SMARTS) is 2. The molecule has 0 aliphatic rings. The van der Waals surface area contributed by atoms with E-state index in [0.717, 1.165) is 0 Å². The summed E-state index contributed by atoms with van der Waals surface area (Å²) in [5, 5.41) is 20.9. The summed E-state index contributed by atoms with van der Waals surface area (Å²) >= 11 is 0. The highest BCUT2D eigenvalue weighted by molar-refractivity contribution is 6.06. The van der Waals surface area contributed by atoms with E-state index in [2.05, 4.69) is 5.32 Å². The van der Waals surface area contributed by atoms with Crippen LogP contribution in [0.3, 0.4) is 0 Å². The van der Waals surface area contributed by atoms with Crippen LogP contribution in [0.5, 0.6) is 0 Å². The van der Waals surface area contributed by atoms with Crippen LogP contribution in [-0.2, 0) is 27.0 Å². The monoisotopic (exact) mass is 347 g/mol. The van der Waals surface area contributed by atoms with Crippen LogP contribution in [0.25, 0.3) is 10.9 Å². The molecule has 5 N–H and O–H groups in total. The number of hydrogen-bond donors (Lipinski definition) is 4. The Balaban J connectivity index is 2.78. The fourth-order valence-electron chi connectivity index (χ4n) is 2.78. The van der Waals surface area contributed by atoms with Crippen LogP contribution >= 0.6 is 0 Å². The number of carboxylic acids is 2. The second kappa shape index (κ2) is 6.73. The molecule has 0 aliphatic carbocycles. The van der Waals surface area contributed by atoms with Crippen LogP contribution in [0.1, 0.15) is 22.5 Å². The maximum absolute atomic E-state index is 12.5. The number of carbonyl (C=O) groups excluding carboxylic acids is 2. The van der Waals surface area contributed by atoms with Gasteiger partial charge in [-0.15, -0.1) is 0 Å². The van der Waals surface area contributed by atoms with E-state index in [1.54, 1.807) is 24.3 Å². The quantitative estimate of drug-likeness (QED) is 0.507. The van der Waals surface area contributed by atoms with Gasteiger partial charge in [0.25, 0.3) is 5.91 Å². The zero-order valence-electron chi connectivity index (χ0n) is 13.4. The van der Waals surface area contributed by atoms with E-state index in [9.17, 15) is 24.3 Å². The summed E-state index contributed by atoms with van der Waals surface area (Å²) in [6, 6.07) is 6.60. The lowest BCUT2D eigenvalue weighted by Crippen LogP contribution is -2.47. The van der Waals surface area contributed by atoms with E-state index in [4.69, 9.17) is 10.8 Å². The Morgan fingerprint density at radius 2 is 1.92 bits per heavy atom. The molecule has 0 aliphatic heterocycles. The van der Waals surface area contributed by atoms with Crippen molar-refractivity contribution in [3.8, 4) is 0 Å². The van der Waals surface area contributed by atoms with Gasteiger partial charge in [-0.05, 0) is 6.07 Å². The SMILES string of the molecule is Cn1c(C(=O)NCC(=O)O)c(C(N)(CC=O)C(=O)O)c2ccccc21. The minimum atomic E-state index is -2.13. The molecule has 1 aromatic carbocycles. The molecular weight excluding hydrogens is 330 g/mol. The van der Waals surface area contributed by atoms with Crippen LogP contribution in [0, 0.1) is 0 Å². The van der Waals surface area contributed by atoms with Crippen molar-refractivity contribution >= 4 is 35.0 Å². The topological polar surface area (TPSA) is 152 Å². The number of nitrogens with one attached hydrogen (secondary N) is 1. The number of benzene rings is 1. The smallest absolute Gasteiger partial charge is 0.328 e. The Labute approximate surface area is 142 Å². The molecule has 0 bridgehead atoms. The molecule has 1 unspecified atom stereocenters. The lowest BCUT2D eigenvalue weighted by Gasteiger charge is -2.24. The molecule has 0 spiro atoms. The minimum absolute atomic E-state index is 0.0342. The van der Waals surface area contributed by atoms with Gasteiger partial charge in [-0.3, -0.25) is 9.59 Å². The average Bonchev–Trinajstić information content (AvgIpc) is 2.86. The number of rotatable bonds is 7. The Morgan fingerprint density at radius 1 is 1.28 bits per heavy atom. The molecule has 1 atom stereocenters.